The van der Waals surface area contributed by atoms with Crippen LogP contribution in [0, 0.1) is 0 Å². The number of hydrogen-bond donors (Lipinski definition) is 0. The molecule has 0 spiro atoms. The van der Waals surface area contributed by atoms with Gasteiger partial charge in [0, 0.05) is 35.5 Å². The zero-order valence-electron chi connectivity index (χ0n) is 17.9. The molecule has 7 nitrogen and oxygen atoms in total. The van der Waals surface area contributed by atoms with E-state index in [4.69, 9.17) is 19.3 Å². The van der Waals surface area contributed by atoms with Gasteiger partial charge in [-0.25, -0.2) is 9.80 Å². The van der Waals surface area contributed by atoms with Crippen molar-refractivity contribution in [2.45, 2.75) is 25.6 Å². The zero-order chi connectivity index (χ0) is 22.1. The van der Waals surface area contributed by atoms with Crippen LogP contribution in [0.1, 0.15) is 52.7 Å². The Bertz CT molecular complexity index is 1160. The molecule has 0 aliphatic carbocycles. The van der Waals surface area contributed by atoms with E-state index in [-0.39, 0.29) is 12.0 Å². The lowest BCUT2D eigenvalue weighted by Gasteiger charge is -2.38. The number of methoxy groups -OCH3 is 1. The molecule has 0 radical (unpaired) electrons. The lowest BCUT2D eigenvalue weighted by atomic mass is 9.96. The fourth-order valence-electron chi connectivity index (χ4n) is 4.18. The molecule has 5 rings (SSSR count). The molecule has 2 aliphatic heterocycles. The topological polar surface area (TPSA) is 73.2 Å². The van der Waals surface area contributed by atoms with Gasteiger partial charge in [0.2, 0.25) is 6.23 Å². The molecule has 32 heavy (non-hydrogen) atoms. The number of esters is 1. The van der Waals surface area contributed by atoms with Crippen LogP contribution in [0.25, 0.3) is 0 Å². The maximum atomic E-state index is 11.9. The molecule has 0 saturated carbocycles. The number of hydrogen-bond acceptors (Lipinski definition) is 7. The minimum Gasteiger partial charge on any atom is -0.490 e. The standard InChI is InChI=1S/C25H23N3O4/c1-3-31-22-8-4-7-19-21-14-20(18-6-5-13-26-15-18)27-28(21)24(32-23(19)22)16-9-11-17(12-10-16)25(29)30-2/h4-13,15,21,24H,3,14H2,1-2H3. The Morgan fingerprint density at radius 1 is 1.16 bits per heavy atom. The number of para-hydroxylation sites is 1. The number of rotatable bonds is 5. The second-order valence-corrected chi connectivity index (χ2v) is 7.58. The Kier molecular flexibility index (Phi) is 5.23. The smallest absolute Gasteiger partial charge is 0.337 e. The highest BCUT2D eigenvalue weighted by Gasteiger charge is 2.42. The molecule has 1 aromatic heterocycles. The van der Waals surface area contributed by atoms with E-state index in [9.17, 15) is 4.79 Å². The zero-order valence-corrected chi connectivity index (χ0v) is 17.9. The van der Waals surface area contributed by atoms with Gasteiger partial charge in [-0.2, -0.15) is 5.10 Å². The van der Waals surface area contributed by atoms with Gasteiger partial charge in [-0.3, -0.25) is 4.98 Å². The molecule has 3 aromatic rings. The van der Waals surface area contributed by atoms with Crippen molar-refractivity contribution in [2.24, 2.45) is 5.10 Å². The van der Waals surface area contributed by atoms with Crippen molar-refractivity contribution < 1.29 is 19.0 Å². The third kappa shape index (κ3) is 3.45. The molecule has 0 fully saturated rings. The Labute approximate surface area is 186 Å². The van der Waals surface area contributed by atoms with E-state index in [0.717, 1.165) is 40.3 Å². The first-order valence-electron chi connectivity index (χ1n) is 10.6. The van der Waals surface area contributed by atoms with Crippen LogP contribution in [-0.4, -0.2) is 35.4 Å². The third-order valence-corrected chi connectivity index (χ3v) is 5.69. The van der Waals surface area contributed by atoms with Crippen LogP contribution in [0.4, 0.5) is 0 Å². The van der Waals surface area contributed by atoms with Gasteiger partial charge in [-0.15, -0.1) is 0 Å². The monoisotopic (exact) mass is 429 g/mol. The van der Waals surface area contributed by atoms with Crippen molar-refractivity contribution in [1.82, 2.24) is 9.99 Å². The summed E-state index contributed by atoms with van der Waals surface area (Å²) in [6.07, 6.45) is 3.85. The van der Waals surface area contributed by atoms with E-state index in [0.29, 0.717) is 12.2 Å². The molecule has 2 aromatic carbocycles. The fourth-order valence-corrected chi connectivity index (χ4v) is 4.18. The number of pyridine rings is 1. The molecule has 0 saturated heterocycles. The number of fused-ring (bicyclic) bond motifs is 3. The first kappa shape index (κ1) is 20.1. The summed E-state index contributed by atoms with van der Waals surface area (Å²) in [6, 6.07) is 17.1. The SMILES string of the molecule is CCOc1cccc2c1OC(c1ccc(C(=O)OC)cc1)N1N=C(c3cccnc3)CC21. The van der Waals surface area contributed by atoms with Gasteiger partial charge in [0.25, 0.3) is 0 Å². The van der Waals surface area contributed by atoms with Gasteiger partial charge < -0.3 is 14.2 Å². The Morgan fingerprint density at radius 2 is 2.00 bits per heavy atom. The van der Waals surface area contributed by atoms with Crippen LogP contribution < -0.4 is 9.47 Å². The molecule has 3 heterocycles. The molecule has 0 bridgehead atoms. The molecule has 7 heteroatoms. The number of carbonyl (C=O) groups excluding carboxylic acids is 1. The molecule has 2 unspecified atom stereocenters. The maximum absolute atomic E-state index is 11.9. The van der Waals surface area contributed by atoms with E-state index < -0.39 is 6.23 Å². The summed E-state index contributed by atoms with van der Waals surface area (Å²) < 4.78 is 17.2. The molecule has 2 atom stereocenters. The lowest BCUT2D eigenvalue weighted by molar-refractivity contribution is -0.0212. The van der Waals surface area contributed by atoms with Gasteiger partial charge in [0.1, 0.15) is 0 Å². The van der Waals surface area contributed by atoms with E-state index >= 15 is 0 Å². The van der Waals surface area contributed by atoms with Crippen LogP contribution in [0.3, 0.4) is 0 Å². The van der Waals surface area contributed by atoms with Crippen molar-refractivity contribution in [3.8, 4) is 11.5 Å². The van der Waals surface area contributed by atoms with E-state index in [1.807, 2.05) is 54.5 Å². The molecule has 0 N–H and O–H groups in total. The van der Waals surface area contributed by atoms with Crippen molar-refractivity contribution in [3.05, 3.63) is 89.2 Å². The number of ether oxygens (including phenoxy) is 3. The molecular weight excluding hydrogens is 406 g/mol. The Morgan fingerprint density at radius 3 is 2.72 bits per heavy atom. The van der Waals surface area contributed by atoms with Gasteiger partial charge in [0.05, 0.1) is 31.0 Å². The predicted octanol–water partition coefficient (Wildman–Crippen LogP) is 4.51. The summed E-state index contributed by atoms with van der Waals surface area (Å²) in [5, 5.41) is 6.93. The normalized spacial score (nSPS) is 18.8. The summed E-state index contributed by atoms with van der Waals surface area (Å²) in [4.78, 5) is 16.1. The van der Waals surface area contributed by atoms with Gasteiger partial charge >= 0.3 is 5.97 Å². The highest BCUT2D eigenvalue weighted by atomic mass is 16.5. The van der Waals surface area contributed by atoms with E-state index in [1.165, 1.54) is 7.11 Å². The van der Waals surface area contributed by atoms with Crippen molar-refractivity contribution in [2.75, 3.05) is 13.7 Å². The highest BCUT2D eigenvalue weighted by molar-refractivity contribution is 6.01. The van der Waals surface area contributed by atoms with Crippen molar-refractivity contribution >= 4 is 11.7 Å². The molecular formula is C25H23N3O4. The summed E-state index contributed by atoms with van der Waals surface area (Å²) in [6.45, 7) is 2.50. The maximum Gasteiger partial charge on any atom is 0.337 e. The quantitative estimate of drug-likeness (QED) is 0.556. The first-order valence-corrected chi connectivity index (χ1v) is 10.6. The first-order chi connectivity index (χ1) is 15.7. The average molecular weight is 429 g/mol. The second-order valence-electron chi connectivity index (χ2n) is 7.58. The third-order valence-electron chi connectivity index (χ3n) is 5.69. The number of carbonyl (C=O) groups is 1. The molecule has 0 amide bonds. The van der Waals surface area contributed by atoms with Gasteiger partial charge in [0.15, 0.2) is 11.5 Å². The number of benzene rings is 2. The minimum absolute atomic E-state index is 0.000328. The van der Waals surface area contributed by atoms with Gasteiger partial charge in [-0.1, -0.05) is 30.3 Å². The highest BCUT2D eigenvalue weighted by Crippen LogP contribution is 2.50. The van der Waals surface area contributed by atoms with Crippen LogP contribution in [-0.2, 0) is 4.74 Å². The van der Waals surface area contributed by atoms with E-state index in [1.54, 1.807) is 18.3 Å². The fraction of sp³-hybridized carbons (Fsp3) is 0.240. The Hall–Kier alpha value is -3.87. The van der Waals surface area contributed by atoms with Crippen LogP contribution in [0.15, 0.2) is 72.1 Å². The number of nitrogens with zero attached hydrogens (tertiary/aromatic N) is 3. The van der Waals surface area contributed by atoms with Crippen molar-refractivity contribution in [1.29, 1.82) is 0 Å². The summed E-state index contributed by atoms with van der Waals surface area (Å²) >= 11 is 0. The molecule has 2 aliphatic rings. The summed E-state index contributed by atoms with van der Waals surface area (Å²) in [7, 11) is 1.37. The summed E-state index contributed by atoms with van der Waals surface area (Å²) in [5.41, 5.74) is 4.36. The van der Waals surface area contributed by atoms with Crippen LogP contribution >= 0.6 is 0 Å². The largest absolute Gasteiger partial charge is 0.490 e. The van der Waals surface area contributed by atoms with Gasteiger partial charge in [-0.05, 0) is 31.2 Å². The van der Waals surface area contributed by atoms with E-state index in [2.05, 4.69) is 11.1 Å². The van der Waals surface area contributed by atoms with Crippen LogP contribution in [0.5, 0.6) is 11.5 Å². The second kappa shape index (κ2) is 8.34. The Balaban J connectivity index is 1.58. The molecule has 162 valence electrons. The number of hydrazone groups is 1. The predicted molar refractivity (Wildman–Crippen MR) is 119 cm³/mol. The average Bonchev–Trinajstić information content (AvgIpc) is 3.30. The minimum atomic E-state index is -0.463. The lowest BCUT2D eigenvalue weighted by Crippen LogP contribution is -2.34. The summed E-state index contributed by atoms with van der Waals surface area (Å²) in [5.74, 6) is 1.08. The van der Waals surface area contributed by atoms with Crippen LogP contribution in [0.2, 0.25) is 0 Å². The number of aromatic nitrogens is 1. The van der Waals surface area contributed by atoms with Crippen molar-refractivity contribution in [3.63, 3.8) is 0 Å².